The Morgan fingerprint density at radius 2 is 1.72 bits per heavy atom. The van der Waals surface area contributed by atoms with Crippen molar-refractivity contribution in [2.45, 2.75) is 45.1 Å². The average Bonchev–Trinajstić information content (AvgIpc) is 2.60. The molecule has 4 fully saturated rings. The van der Waals surface area contributed by atoms with Crippen molar-refractivity contribution in [3.63, 3.8) is 0 Å². The molecule has 4 bridgehead atoms. The highest BCUT2D eigenvalue weighted by molar-refractivity contribution is 8.14. The normalized spacial score (nSPS) is 38.3. The topological polar surface area (TPSA) is 28.0 Å². The number of amidine groups is 1. The molecule has 0 atom stereocenters. The fraction of sp³-hybridized carbons (Fsp3) is 0.619. The van der Waals surface area contributed by atoms with Gasteiger partial charge in [-0.1, -0.05) is 42.1 Å². The van der Waals surface area contributed by atoms with E-state index in [9.17, 15) is 0 Å². The van der Waals surface area contributed by atoms with E-state index in [1.807, 2.05) is 16.8 Å². The number of rotatable bonds is 3. The summed E-state index contributed by atoms with van der Waals surface area (Å²) in [6, 6.07) is 10.5. The lowest BCUT2D eigenvalue weighted by atomic mass is 9.48. The third kappa shape index (κ3) is 2.92. The molecule has 4 heteroatoms. The minimum atomic E-state index is 0.432. The first-order valence-electron chi connectivity index (χ1n) is 9.73. The van der Waals surface area contributed by atoms with E-state index in [4.69, 9.17) is 10.1 Å². The summed E-state index contributed by atoms with van der Waals surface area (Å²) in [5, 5.41) is 8.18. The van der Waals surface area contributed by atoms with Crippen molar-refractivity contribution in [1.82, 2.24) is 5.01 Å². The first-order chi connectivity index (χ1) is 12.2. The first kappa shape index (κ1) is 15.9. The Morgan fingerprint density at radius 1 is 1.08 bits per heavy atom. The summed E-state index contributed by atoms with van der Waals surface area (Å²) in [5.41, 5.74) is 3.17. The van der Waals surface area contributed by atoms with Crippen molar-refractivity contribution in [2.75, 3.05) is 12.8 Å². The van der Waals surface area contributed by atoms with Crippen LogP contribution in [0.5, 0.6) is 0 Å². The van der Waals surface area contributed by atoms with E-state index in [0.717, 1.165) is 35.2 Å². The Kier molecular flexibility index (Phi) is 3.92. The van der Waals surface area contributed by atoms with Crippen LogP contribution in [0.3, 0.4) is 0 Å². The van der Waals surface area contributed by atoms with E-state index in [1.54, 1.807) is 0 Å². The maximum atomic E-state index is 5.06. The lowest BCUT2D eigenvalue weighted by molar-refractivity contribution is -0.0130. The molecule has 4 saturated carbocycles. The number of benzene rings is 1. The highest BCUT2D eigenvalue weighted by Crippen LogP contribution is 2.61. The lowest BCUT2D eigenvalue weighted by Crippen LogP contribution is -2.52. The summed E-state index contributed by atoms with van der Waals surface area (Å²) in [6.45, 7) is 0.746. The van der Waals surface area contributed by atoms with Crippen LogP contribution in [0.25, 0.3) is 0 Å². The van der Waals surface area contributed by atoms with Gasteiger partial charge >= 0.3 is 0 Å². The van der Waals surface area contributed by atoms with Gasteiger partial charge in [-0.05, 0) is 61.8 Å². The molecule has 0 aromatic heterocycles. The maximum absolute atomic E-state index is 5.06. The Balaban J connectivity index is 1.34. The predicted octanol–water partition coefficient (Wildman–Crippen LogP) is 4.79. The molecule has 1 aliphatic heterocycles. The molecule has 0 amide bonds. The molecule has 0 spiro atoms. The Bertz CT molecular complexity index is 674. The molecule has 0 N–H and O–H groups in total. The van der Waals surface area contributed by atoms with Crippen LogP contribution in [0.1, 0.15) is 44.1 Å². The fourth-order valence-corrected chi connectivity index (χ4v) is 7.11. The van der Waals surface area contributed by atoms with E-state index in [0.29, 0.717) is 5.41 Å². The Hall–Kier alpha value is -1.29. The van der Waals surface area contributed by atoms with Crippen LogP contribution in [0.4, 0.5) is 0 Å². The molecule has 3 nitrogen and oxygen atoms in total. The van der Waals surface area contributed by atoms with E-state index in [1.165, 1.54) is 49.8 Å². The van der Waals surface area contributed by atoms with Gasteiger partial charge in [0.15, 0.2) is 5.17 Å². The molecule has 0 radical (unpaired) electrons. The molecular weight excluding hydrogens is 326 g/mol. The molecule has 1 heterocycles. The third-order valence-electron chi connectivity index (χ3n) is 6.78. The molecule has 5 aliphatic rings. The van der Waals surface area contributed by atoms with Crippen LogP contribution >= 0.6 is 11.8 Å². The van der Waals surface area contributed by atoms with E-state index in [-0.39, 0.29) is 0 Å². The molecule has 1 aromatic rings. The fourth-order valence-electron chi connectivity index (χ4n) is 6.09. The summed E-state index contributed by atoms with van der Waals surface area (Å²) in [7, 11) is 2.08. The quantitative estimate of drug-likeness (QED) is 0.781. The number of hydrazone groups is 1. The monoisotopic (exact) mass is 353 g/mol. The van der Waals surface area contributed by atoms with E-state index < -0.39 is 0 Å². The highest BCUT2D eigenvalue weighted by atomic mass is 32.2. The zero-order valence-corrected chi connectivity index (χ0v) is 15.8. The number of hydrogen-bond donors (Lipinski definition) is 0. The summed E-state index contributed by atoms with van der Waals surface area (Å²) >= 11 is 1.89. The van der Waals surface area contributed by atoms with Crippen LogP contribution in [-0.2, 0) is 6.54 Å². The van der Waals surface area contributed by atoms with E-state index >= 15 is 0 Å². The average molecular weight is 354 g/mol. The molecule has 0 saturated heterocycles. The molecule has 0 unspecified atom stereocenters. The van der Waals surface area contributed by atoms with Gasteiger partial charge in [0.1, 0.15) is 0 Å². The van der Waals surface area contributed by atoms with Crippen LogP contribution in [0, 0.1) is 23.2 Å². The highest BCUT2D eigenvalue weighted by Gasteiger charge is 2.53. The summed E-state index contributed by atoms with van der Waals surface area (Å²) < 4.78 is 0. The Morgan fingerprint density at radius 3 is 2.32 bits per heavy atom. The zero-order valence-electron chi connectivity index (χ0n) is 15.0. The standard InChI is InChI=1S/C21H27N3S/c1-24-20(22-13-15-5-3-2-4-6-15)25-14-19(23-24)21-10-16-7-17(11-21)9-18(8-16)12-21/h2-6,16-18H,7-14H2,1H3. The van der Waals surface area contributed by atoms with Gasteiger partial charge in [0.2, 0.25) is 0 Å². The van der Waals surface area contributed by atoms with Crippen LogP contribution in [0.15, 0.2) is 40.4 Å². The minimum Gasteiger partial charge on any atom is -0.256 e. The van der Waals surface area contributed by atoms with E-state index in [2.05, 4.69) is 37.4 Å². The van der Waals surface area contributed by atoms with Crippen molar-refractivity contribution in [3.8, 4) is 0 Å². The Labute approximate surface area is 155 Å². The second kappa shape index (κ2) is 6.15. The summed E-state index contributed by atoms with van der Waals surface area (Å²) in [5.74, 6) is 4.00. The van der Waals surface area contributed by atoms with Gasteiger partial charge in [-0.3, -0.25) is 4.99 Å². The number of nitrogens with zero attached hydrogens (tertiary/aromatic N) is 3. The second-order valence-electron chi connectivity index (χ2n) is 8.64. The predicted molar refractivity (Wildman–Crippen MR) is 106 cm³/mol. The number of thioether (sulfide) groups is 1. The molecule has 4 aliphatic carbocycles. The molecule has 6 rings (SSSR count). The second-order valence-corrected chi connectivity index (χ2v) is 9.58. The molecule has 25 heavy (non-hydrogen) atoms. The van der Waals surface area contributed by atoms with Gasteiger partial charge in [0.05, 0.1) is 12.3 Å². The molecule has 132 valence electrons. The van der Waals surface area contributed by atoms with Gasteiger partial charge < -0.3 is 0 Å². The number of hydrogen-bond acceptors (Lipinski definition) is 3. The lowest BCUT2D eigenvalue weighted by Gasteiger charge is -2.57. The van der Waals surface area contributed by atoms with Gasteiger partial charge in [-0.25, -0.2) is 5.01 Å². The van der Waals surface area contributed by atoms with Crippen molar-refractivity contribution >= 4 is 22.6 Å². The van der Waals surface area contributed by atoms with Gasteiger partial charge in [-0.2, -0.15) is 5.10 Å². The number of aliphatic imine (C=N–C) groups is 1. The zero-order chi connectivity index (χ0) is 16.9. The van der Waals surface area contributed by atoms with Gasteiger partial charge in [0.25, 0.3) is 0 Å². The smallest absolute Gasteiger partial charge is 0.180 e. The third-order valence-corrected chi connectivity index (χ3v) is 7.84. The SMILES string of the molecule is CN1N=C(C23CC4CC(CC(C4)C2)C3)CSC1=NCc1ccccc1. The van der Waals surface area contributed by atoms with Gasteiger partial charge in [-0.15, -0.1) is 0 Å². The van der Waals surface area contributed by atoms with Crippen molar-refractivity contribution in [1.29, 1.82) is 0 Å². The molecular formula is C21H27N3S. The minimum absolute atomic E-state index is 0.432. The van der Waals surface area contributed by atoms with Crippen molar-refractivity contribution in [2.24, 2.45) is 33.3 Å². The molecule has 1 aromatic carbocycles. The van der Waals surface area contributed by atoms with Crippen LogP contribution in [-0.4, -0.2) is 28.7 Å². The summed E-state index contributed by atoms with van der Waals surface area (Å²) in [6.07, 6.45) is 8.71. The van der Waals surface area contributed by atoms with Crippen molar-refractivity contribution in [3.05, 3.63) is 35.9 Å². The summed E-state index contributed by atoms with van der Waals surface area (Å²) in [4.78, 5) is 4.81. The maximum Gasteiger partial charge on any atom is 0.180 e. The largest absolute Gasteiger partial charge is 0.256 e. The van der Waals surface area contributed by atoms with Crippen LogP contribution in [0.2, 0.25) is 0 Å². The first-order valence-corrected chi connectivity index (χ1v) is 10.7. The van der Waals surface area contributed by atoms with Crippen LogP contribution < -0.4 is 0 Å². The van der Waals surface area contributed by atoms with Crippen molar-refractivity contribution < 1.29 is 0 Å². The van der Waals surface area contributed by atoms with Gasteiger partial charge in [0, 0.05) is 18.2 Å².